The lowest BCUT2D eigenvalue weighted by Crippen LogP contribution is -2.19. The van der Waals surface area contributed by atoms with Gasteiger partial charge < -0.3 is 10.4 Å². The van der Waals surface area contributed by atoms with Crippen LogP contribution in [0.5, 0.6) is 0 Å². The minimum atomic E-state index is -1.07. The van der Waals surface area contributed by atoms with E-state index in [0.29, 0.717) is 16.4 Å². The number of nitrogens with one attached hydrogen (secondary N) is 1. The molecule has 0 atom stereocenters. The normalized spacial score (nSPS) is 10.3. The average Bonchev–Trinajstić information content (AvgIpc) is 2.70. The molecule has 0 aliphatic rings. The summed E-state index contributed by atoms with van der Waals surface area (Å²) in [5, 5.41) is 16.1. The van der Waals surface area contributed by atoms with Gasteiger partial charge in [0.1, 0.15) is 12.1 Å². The SMILES string of the molecule is Cc1nn(CC(=O)Nc2cccc(Cl)c2)cc1C(=O)O. The number of hydrogen-bond donors (Lipinski definition) is 2. The van der Waals surface area contributed by atoms with E-state index in [9.17, 15) is 9.59 Å². The zero-order chi connectivity index (χ0) is 14.7. The van der Waals surface area contributed by atoms with Crippen LogP contribution in [0.1, 0.15) is 16.1 Å². The van der Waals surface area contributed by atoms with Crippen molar-refractivity contribution in [2.24, 2.45) is 0 Å². The molecule has 6 nitrogen and oxygen atoms in total. The Balaban J connectivity index is 2.05. The molecule has 0 spiro atoms. The lowest BCUT2D eigenvalue weighted by atomic mass is 10.3. The van der Waals surface area contributed by atoms with Gasteiger partial charge >= 0.3 is 5.97 Å². The van der Waals surface area contributed by atoms with Crippen LogP contribution in [0.3, 0.4) is 0 Å². The monoisotopic (exact) mass is 293 g/mol. The van der Waals surface area contributed by atoms with Gasteiger partial charge in [0.15, 0.2) is 0 Å². The van der Waals surface area contributed by atoms with Gasteiger partial charge in [-0.25, -0.2) is 4.79 Å². The van der Waals surface area contributed by atoms with Gasteiger partial charge in [-0.2, -0.15) is 5.10 Å². The largest absolute Gasteiger partial charge is 0.478 e. The predicted octanol–water partition coefficient (Wildman–Crippen LogP) is 2.18. The Kier molecular flexibility index (Phi) is 4.05. The standard InChI is InChI=1S/C13H12ClN3O3/c1-8-11(13(19)20)6-17(16-8)7-12(18)15-10-4-2-3-9(14)5-10/h2-6H,7H2,1H3,(H,15,18)(H,19,20). The summed E-state index contributed by atoms with van der Waals surface area (Å²) in [6.07, 6.45) is 1.33. The van der Waals surface area contributed by atoms with Crippen LogP contribution in [-0.4, -0.2) is 26.8 Å². The van der Waals surface area contributed by atoms with Gasteiger partial charge in [0, 0.05) is 16.9 Å². The third kappa shape index (κ3) is 3.36. The van der Waals surface area contributed by atoms with E-state index in [4.69, 9.17) is 16.7 Å². The molecule has 20 heavy (non-hydrogen) atoms. The minimum absolute atomic E-state index is 0.0688. The topological polar surface area (TPSA) is 84.2 Å². The summed E-state index contributed by atoms with van der Waals surface area (Å²) >= 11 is 5.81. The number of benzene rings is 1. The highest BCUT2D eigenvalue weighted by Crippen LogP contribution is 2.15. The lowest BCUT2D eigenvalue weighted by molar-refractivity contribution is -0.116. The summed E-state index contributed by atoms with van der Waals surface area (Å²) in [5.74, 6) is -1.38. The summed E-state index contributed by atoms with van der Waals surface area (Å²) in [5.41, 5.74) is 1.03. The van der Waals surface area contributed by atoms with Crippen molar-refractivity contribution in [1.29, 1.82) is 0 Å². The number of halogens is 1. The molecular formula is C13H12ClN3O3. The molecule has 0 saturated heterocycles. The molecule has 1 amide bonds. The van der Waals surface area contributed by atoms with Crippen molar-refractivity contribution in [3.05, 3.63) is 46.7 Å². The number of aromatic carboxylic acids is 1. The first-order valence-corrected chi connectivity index (χ1v) is 6.16. The Morgan fingerprint density at radius 3 is 2.80 bits per heavy atom. The third-order valence-corrected chi connectivity index (χ3v) is 2.83. The van der Waals surface area contributed by atoms with Crippen molar-refractivity contribution in [3.63, 3.8) is 0 Å². The minimum Gasteiger partial charge on any atom is -0.478 e. The Morgan fingerprint density at radius 2 is 2.20 bits per heavy atom. The molecule has 7 heteroatoms. The van der Waals surface area contributed by atoms with Gasteiger partial charge in [0.05, 0.1) is 5.69 Å². The zero-order valence-corrected chi connectivity index (χ0v) is 11.4. The zero-order valence-electron chi connectivity index (χ0n) is 10.6. The number of hydrogen-bond acceptors (Lipinski definition) is 3. The van der Waals surface area contributed by atoms with E-state index < -0.39 is 5.97 Å². The fourth-order valence-electron chi connectivity index (χ4n) is 1.72. The number of carboxylic acids is 1. The number of rotatable bonds is 4. The van der Waals surface area contributed by atoms with Crippen LogP contribution in [0.25, 0.3) is 0 Å². The van der Waals surface area contributed by atoms with E-state index >= 15 is 0 Å². The molecule has 0 fully saturated rings. The summed E-state index contributed by atoms with van der Waals surface area (Å²) in [7, 11) is 0. The molecule has 0 aliphatic carbocycles. The van der Waals surface area contributed by atoms with Gasteiger partial charge in [-0.15, -0.1) is 0 Å². The Morgan fingerprint density at radius 1 is 1.45 bits per heavy atom. The molecule has 2 rings (SSSR count). The van der Waals surface area contributed by atoms with Crippen LogP contribution >= 0.6 is 11.6 Å². The number of aromatic nitrogens is 2. The molecule has 1 aromatic heterocycles. The molecule has 2 aromatic rings. The molecule has 0 bridgehead atoms. The molecule has 1 aromatic carbocycles. The maximum Gasteiger partial charge on any atom is 0.339 e. The van der Waals surface area contributed by atoms with Crippen molar-refractivity contribution in [2.75, 3.05) is 5.32 Å². The smallest absolute Gasteiger partial charge is 0.339 e. The first-order valence-electron chi connectivity index (χ1n) is 5.78. The van der Waals surface area contributed by atoms with Gasteiger partial charge in [-0.05, 0) is 25.1 Å². The van der Waals surface area contributed by atoms with Crippen LogP contribution in [0.15, 0.2) is 30.5 Å². The van der Waals surface area contributed by atoms with Crippen LogP contribution in [0, 0.1) is 6.92 Å². The molecule has 2 N–H and O–H groups in total. The van der Waals surface area contributed by atoms with E-state index in [1.165, 1.54) is 10.9 Å². The highest BCUT2D eigenvalue weighted by molar-refractivity contribution is 6.30. The Bertz CT molecular complexity index is 667. The number of nitrogens with zero attached hydrogens (tertiary/aromatic N) is 2. The highest BCUT2D eigenvalue weighted by atomic mass is 35.5. The summed E-state index contributed by atoms with van der Waals surface area (Å²) in [4.78, 5) is 22.7. The van der Waals surface area contributed by atoms with Crippen molar-refractivity contribution in [3.8, 4) is 0 Å². The van der Waals surface area contributed by atoms with E-state index in [2.05, 4.69) is 10.4 Å². The molecule has 0 aliphatic heterocycles. The predicted molar refractivity (Wildman–Crippen MR) is 74.0 cm³/mol. The fourth-order valence-corrected chi connectivity index (χ4v) is 1.91. The van der Waals surface area contributed by atoms with Crippen molar-refractivity contribution >= 4 is 29.2 Å². The van der Waals surface area contributed by atoms with Gasteiger partial charge in [-0.3, -0.25) is 9.48 Å². The summed E-state index contributed by atoms with van der Waals surface area (Å²) in [6.45, 7) is 1.51. The number of carboxylic acid groups (broad SMARTS) is 1. The number of anilines is 1. The second-order valence-corrected chi connectivity index (χ2v) is 4.63. The highest BCUT2D eigenvalue weighted by Gasteiger charge is 2.13. The quantitative estimate of drug-likeness (QED) is 0.905. The third-order valence-electron chi connectivity index (χ3n) is 2.59. The van der Waals surface area contributed by atoms with Crippen LogP contribution in [0.2, 0.25) is 5.02 Å². The Hall–Kier alpha value is -2.34. The van der Waals surface area contributed by atoms with E-state index in [1.807, 2.05) is 0 Å². The number of aryl methyl sites for hydroxylation is 1. The second kappa shape index (κ2) is 5.75. The van der Waals surface area contributed by atoms with Crippen LogP contribution in [-0.2, 0) is 11.3 Å². The van der Waals surface area contributed by atoms with E-state index in [1.54, 1.807) is 31.2 Å². The maximum absolute atomic E-state index is 11.8. The van der Waals surface area contributed by atoms with E-state index in [0.717, 1.165) is 0 Å². The summed E-state index contributed by atoms with van der Waals surface area (Å²) in [6, 6.07) is 6.75. The van der Waals surface area contributed by atoms with E-state index in [-0.39, 0.29) is 18.0 Å². The number of amides is 1. The lowest BCUT2D eigenvalue weighted by Gasteiger charge is -2.05. The fraction of sp³-hybridized carbons (Fsp3) is 0.154. The van der Waals surface area contributed by atoms with Crippen molar-refractivity contribution in [2.45, 2.75) is 13.5 Å². The molecule has 1 heterocycles. The van der Waals surface area contributed by atoms with Gasteiger partial charge in [-0.1, -0.05) is 17.7 Å². The number of carbonyl (C=O) groups is 2. The first kappa shape index (κ1) is 14.1. The number of carbonyl (C=O) groups excluding carboxylic acids is 1. The van der Waals surface area contributed by atoms with Gasteiger partial charge in [0.25, 0.3) is 0 Å². The first-order chi connectivity index (χ1) is 9.45. The molecule has 0 radical (unpaired) electrons. The van der Waals surface area contributed by atoms with Crippen molar-refractivity contribution in [1.82, 2.24) is 9.78 Å². The van der Waals surface area contributed by atoms with Crippen LogP contribution < -0.4 is 5.32 Å². The molecular weight excluding hydrogens is 282 g/mol. The van der Waals surface area contributed by atoms with Gasteiger partial charge in [0.2, 0.25) is 5.91 Å². The van der Waals surface area contributed by atoms with Crippen molar-refractivity contribution < 1.29 is 14.7 Å². The second-order valence-electron chi connectivity index (χ2n) is 4.19. The Labute approximate surface area is 120 Å². The molecule has 0 unspecified atom stereocenters. The molecule has 104 valence electrons. The maximum atomic E-state index is 11.8. The average molecular weight is 294 g/mol. The van der Waals surface area contributed by atoms with Crippen LogP contribution in [0.4, 0.5) is 5.69 Å². The molecule has 0 saturated carbocycles. The summed E-state index contributed by atoms with van der Waals surface area (Å²) < 4.78 is 1.29.